The largest absolute Gasteiger partial charge is 0.337 e. The maximum absolute atomic E-state index is 12.4. The van der Waals surface area contributed by atoms with Crippen molar-refractivity contribution in [3.63, 3.8) is 0 Å². The highest BCUT2D eigenvalue weighted by atomic mass is 16.1. The first-order valence-electron chi connectivity index (χ1n) is 7.91. The van der Waals surface area contributed by atoms with Crippen molar-refractivity contribution in [3.05, 3.63) is 65.6 Å². The van der Waals surface area contributed by atoms with Gasteiger partial charge in [-0.1, -0.05) is 30.3 Å². The zero-order valence-corrected chi connectivity index (χ0v) is 14.1. The molecule has 0 amide bonds. The summed E-state index contributed by atoms with van der Waals surface area (Å²) in [5.41, 5.74) is 6.44. The van der Waals surface area contributed by atoms with E-state index in [-0.39, 0.29) is 5.78 Å². The summed E-state index contributed by atoms with van der Waals surface area (Å²) in [6.45, 7) is 4.38. The molecule has 0 atom stereocenters. The molecule has 0 saturated heterocycles. The second-order valence-electron chi connectivity index (χ2n) is 5.61. The van der Waals surface area contributed by atoms with E-state index in [9.17, 15) is 4.79 Å². The number of rotatable bonds is 5. The Hall–Kier alpha value is -3.02. The summed E-state index contributed by atoms with van der Waals surface area (Å²) in [5.74, 6) is 0.694. The van der Waals surface area contributed by atoms with Gasteiger partial charge in [0.1, 0.15) is 0 Å². The van der Waals surface area contributed by atoms with Crippen molar-refractivity contribution < 1.29 is 4.79 Å². The Labute approximate surface area is 141 Å². The van der Waals surface area contributed by atoms with Crippen LogP contribution in [-0.2, 0) is 11.8 Å². The highest BCUT2D eigenvalue weighted by Crippen LogP contribution is 2.27. The number of allylic oxidation sites excluding steroid dienone is 1. The Morgan fingerprint density at radius 2 is 2.00 bits per heavy atom. The van der Waals surface area contributed by atoms with Gasteiger partial charge >= 0.3 is 0 Å². The van der Waals surface area contributed by atoms with Crippen LogP contribution in [-0.4, -0.2) is 27.1 Å². The quantitative estimate of drug-likeness (QED) is 0.885. The molecule has 0 radical (unpaired) electrons. The number of aryl methyl sites for hydroxylation is 1. The molecular weight excluding hydrogens is 302 g/mol. The van der Waals surface area contributed by atoms with Crippen LogP contribution in [0, 0.1) is 0 Å². The average molecular weight is 323 g/mol. The van der Waals surface area contributed by atoms with Crippen LogP contribution in [0.15, 0.2) is 60.1 Å². The van der Waals surface area contributed by atoms with Gasteiger partial charge in [-0.05, 0) is 13.8 Å². The number of carbonyl (C=O) groups excluding carboxylic acids is 1. The molecule has 0 unspecified atom stereocenters. The second kappa shape index (κ2) is 6.62. The number of benzene rings is 1. The van der Waals surface area contributed by atoms with Gasteiger partial charge in [0.25, 0.3) is 0 Å². The van der Waals surface area contributed by atoms with Gasteiger partial charge in [0.2, 0.25) is 0 Å². The summed E-state index contributed by atoms with van der Waals surface area (Å²) < 4.78 is 1.72. The van der Waals surface area contributed by atoms with Gasteiger partial charge in [-0.2, -0.15) is 5.10 Å². The zero-order chi connectivity index (χ0) is 17.1. The van der Waals surface area contributed by atoms with E-state index < -0.39 is 0 Å². The summed E-state index contributed by atoms with van der Waals surface area (Å²) in [7, 11) is 1.86. The van der Waals surface area contributed by atoms with Gasteiger partial charge in [-0.3, -0.25) is 19.9 Å². The fourth-order valence-corrected chi connectivity index (χ4v) is 2.65. The van der Waals surface area contributed by atoms with Gasteiger partial charge in [-0.15, -0.1) is 0 Å². The molecule has 24 heavy (non-hydrogen) atoms. The fraction of sp³-hybridized carbons (Fsp3) is 0.222. The van der Waals surface area contributed by atoms with E-state index in [2.05, 4.69) is 15.8 Å². The van der Waals surface area contributed by atoms with Crippen molar-refractivity contribution in [2.24, 2.45) is 7.05 Å². The first-order valence-corrected chi connectivity index (χ1v) is 7.91. The fourth-order valence-electron chi connectivity index (χ4n) is 2.65. The lowest BCUT2D eigenvalue weighted by atomic mass is 10.00. The minimum absolute atomic E-state index is 0.00760. The van der Waals surface area contributed by atoms with Crippen molar-refractivity contribution in [2.45, 2.75) is 13.8 Å². The number of ketones is 1. The smallest absolute Gasteiger partial charge is 0.164 e. The number of hydrazine groups is 1. The number of nitrogens with zero attached hydrogens (tertiary/aromatic N) is 3. The van der Waals surface area contributed by atoms with Gasteiger partial charge < -0.3 is 5.32 Å². The molecule has 1 aromatic carbocycles. The molecule has 3 rings (SSSR count). The van der Waals surface area contributed by atoms with Crippen molar-refractivity contribution in [3.8, 4) is 0 Å². The maximum Gasteiger partial charge on any atom is 0.164 e. The van der Waals surface area contributed by atoms with Crippen molar-refractivity contribution in [2.75, 3.05) is 11.9 Å². The normalized spacial score (nSPS) is 14.3. The summed E-state index contributed by atoms with van der Waals surface area (Å²) in [6, 6.07) is 11.7. The van der Waals surface area contributed by atoms with E-state index in [4.69, 9.17) is 0 Å². The summed E-state index contributed by atoms with van der Waals surface area (Å²) >= 11 is 0. The highest BCUT2D eigenvalue weighted by Gasteiger charge is 2.24. The first-order chi connectivity index (χ1) is 11.6. The molecule has 6 heteroatoms. The molecule has 1 aliphatic heterocycles. The average Bonchev–Trinajstić information content (AvgIpc) is 2.99. The van der Waals surface area contributed by atoms with Crippen LogP contribution in [0.4, 0.5) is 5.82 Å². The molecule has 1 aliphatic rings. The molecule has 1 aromatic heterocycles. The topological polar surface area (TPSA) is 62.2 Å². The van der Waals surface area contributed by atoms with Crippen LogP contribution in [0.1, 0.15) is 19.4 Å². The van der Waals surface area contributed by atoms with Crippen molar-refractivity contribution in [1.29, 1.82) is 0 Å². The molecule has 2 heterocycles. The Bertz CT molecular complexity index is 804. The molecular formula is C18H21N5O. The molecule has 124 valence electrons. The Morgan fingerprint density at radius 1 is 1.25 bits per heavy atom. The van der Waals surface area contributed by atoms with Gasteiger partial charge in [0.15, 0.2) is 11.6 Å². The first kappa shape index (κ1) is 15.9. The number of nitrogens with one attached hydrogen (secondary N) is 2. The molecule has 2 N–H and O–H groups in total. The number of carbonyl (C=O) groups is 1. The molecule has 0 bridgehead atoms. The predicted molar refractivity (Wildman–Crippen MR) is 94.5 cm³/mol. The SMILES string of the molecule is CCN1C=C(Nc2ccn(C)n2)C(C(C)=O)=C(c2ccccc2)N1. The Balaban J connectivity index is 2.07. The minimum Gasteiger partial charge on any atom is -0.337 e. The molecule has 2 aromatic rings. The number of Topliss-reactive ketones (excluding diaryl/α,β-unsaturated/α-hetero) is 1. The summed E-state index contributed by atoms with van der Waals surface area (Å²) in [4.78, 5) is 12.4. The monoisotopic (exact) mass is 323 g/mol. The van der Waals surface area contributed by atoms with E-state index in [1.54, 1.807) is 11.6 Å². The van der Waals surface area contributed by atoms with E-state index in [0.29, 0.717) is 11.4 Å². The lowest BCUT2D eigenvalue weighted by molar-refractivity contribution is -0.113. The van der Waals surface area contributed by atoms with Crippen LogP contribution in [0.25, 0.3) is 5.70 Å². The number of hydrogen-bond acceptors (Lipinski definition) is 5. The third-order valence-corrected chi connectivity index (χ3v) is 3.79. The van der Waals surface area contributed by atoms with Crippen molar-refractivity contribution >= 4 is 17.3 Å². The number of aromatic nitrogens is 2. The van der Waals surface area contributed by atoms with E-state index in [1.807, 2.05) is 67.8 Å². The molecule has 0 spiro atoms. The molecule has 0 aliphatic carbocycles. The highest BCUT2D eigenvalue weighted by molar-refractivity contribution is 6.06. The Morgan fingerprint density at radius 3 is 2.58 bits per heavy atom. The van der Waals surface area contributed by atoms with Crippen LogP contribution in [0.2, 0.25) is 0 Å². The van der Waals surface area contributed by atoms with Crippen LogP contribution in [0.3, 0.4) is 0 Å². The van der Waals surface area contributed by atoms with Crippen molar-refractivity contribution in [1.82, 2.24) is 20.2 Å². The van der Waals surface area contributed by atoms with Crippen LogP contribution in [0.5, 0.6) is 0 Å². The minimum atomic E-state index is -0.00760. The number of anilines is 1. The third-order valence-electron chi connectivity index (χ3n) is 3.79. The predicted octanol–water partition coefficient (Wildman–Crippen LogP) is 2.51. The lowest BCUT2D eigenvalue weighted by Gasteiger charge is -2.31. The standard InChI is InChI=1S/C18H21N5O/c1-4-23-12-15(19-16-10-11-22(3)20-16)17(13(2)24)18(21-23)14-8-6-5-7-9-14/h5-12,21H,4H2,1-3H3,(H,19,20). The molecule has 0 saturated carbocycles. The Kier molecular flexibility index (Phi) is 4.37. The van der Waals surface area contributed by atoms with Crippen LogP contribution < -0.4 is 10.7 Å². The molecule has 6 nitrogen and oxygen atoms in total. The summed E-state index contributed by atoms with van der Waals surface area (Å²) in [6.07, 6.45) is 3.76. The van der Waals surface area contributed by atoms with E-state index in [0.717, 1.165) is 23.5 Å². The van der Waals surface area contributed by atoms with E-state index in [1.165, 1.54) is 0 Å². The second-order valence-corrected chi connectivity index (χ2v) is 5.61. The zero-order valence-electron chi connectivity index (χ0n) is 14.1. The van der Waals surface area contributed by atoms with Gasteiger partial charge in [0.05, 0.1) is 17.0 Å². The maximum atomic E-state index is 12.4. The summed E-state index contributed by atoms with van der Waals surface area (Å²) in [5, 5.41) is 9.55. The third kappa shape index (κ3) is 3.17. The lowest BCUT2D eigenvalue weighted by Crippen LogP contribution is -2.38. The van der Waals surface area contributed by atoms with Crippen LogP contribution >= 0.6 is 0 Å². The van der Waals surface area contributed by atoms with Gasteiger partial charge in [0, 0.05) is 37.6 Å². The van der Waals surface area contributed by atoms with Gasteiger partial charge in [-0.25, -0.2) is 0 Å². The number of hydrogen-bond donors (Lipinski definition) is 2. The van der Waals surface area contributed by atoms with E-state index >= 15 is 0 Å². The molecule has 0 fully saturated rings.